The first kappa shape index (κ1) is 35.9. The lowest BCUT2D eigenvalue weighted by Gasteiger charge is -2.48. The highest BCUT2D eigenvalue weighted by Gasteiger charge is 2.52. The van der Waals surface area contributed by atoms with Crippen molar-refractivity contribution in [3.63, 3.8) is 0 Å². The number of amides is 1. The maximum Gasteiger partial charge on any atom is 0.324 e. The quantitative estimate of drug-likeness (QED) is 0.329. The molecule has 3 aromatic rings. The monoisotopic (exact) mass is 656 g/mol. The van der Waals surface area contributed by atoms with E-state index in [-0.39, 0.29) is 55.1 Å². The molecule has 43 heavy (non-hydrogen) atoms. The third kappa shape index (κ3) is 8.21. The van der Waals surface area contributed by atoms with Crippen molar-refractivity contribution in [1.82, 2.24) is 14.2 Å². The number of esters is 1. The Balaban J connectivity index is 0.00000323. The van der Waals surface area contributed by atoms with E-state index in [1.807, 2.05) is 6.92 Å². The van der Waals surface area contributed by atoms with Crippen molar-refractivity contribution in [1.29, 1.82) is 0 Å². The summed E-state index contributed by atoms with van der Waals surface area (Å²) >= 11 is 0. The largest absolute Gasteiger partial charge is 0.478 e. The number of carbonyl (C=O) groups excluding carboxylic acids is 2. The Labute approximate surface area is 263 Å². The van der Waals surface area contributed by atoms with E-state index in [1.54, 1.807) is 56.7 Å². The summed E-state index contributed by atoms with van der Waals surface area (Å²) in [5.41, 5.74) is 6.92. The molecule has 2 atom stereocenters. The average Bonchev–Trinajstić information content (AvgIpc) is 2.91. The topological polar surface area (TPSA) is 132 Å². The van der Waals surface area contributed by atoms with E-state index in [4.69, 9.17) is 15.2 Å². The normalized spacial score (nSPS) is 15.5. The summed E-state index contributed by atoms with van der Waals surface area (Å²) < 4.78 is 53.5. The van der Waals surface area contributed by atoms with Crippen molar-refractivity contribution in [3.05, 3.63) is 89.5 Å². The minimum atomic E-state index is -3.95. The summed E-state index contributed by atoms with van der Waals surface area (Å²) in [5.74, 6) is -1.10. The summed E-state index contributed by atoms with van der Waals surface area (Å²) in [5, 5.41) is 0. The van der Waals surface area contributed by atoms with E-state index in [1.165, 1.54) is 40.4 Å². The van der Waals surface area contributed by atoms with Crippen molar-refractivity contribution >= 4 is 46.7 Å². The molecule has 0 saturated carbocycles. The van der Waals surface area contributed by atoms with Gasteiger partial charge in [0, 0.05) is 19.8 Å². The van der Waals surface area contributed by atoms with Crippen molar-refractivity contribution in [2.24, 2.45) is 5.73 Å². The first-order valence-electron chi connectivity index (χ1n) is 12.9. The van der Waals surface area contributed by atoms with Crippen LogP contribution in [0.5, 0.6) is 5.75 Å². The Morgan fingerprint density at radius 1 is 1.09 bits per heavy atom. The number of likely N-dealkylation sites (N-methyl/N-ethyl adjacent to an activating group) is 1. The van der Waals surface area contributed by atoms with E-state index in [0.29, 0.717) is 16.9 Å². The number of rotatable bonds is 10. The Morgan fingerprint density at radius 3 is 2.33 bits per heavy atom. The standard InChI is InChI=1S/C29H33FN4O6S.2ClH/c1-19-8-13-24(16-32-19)40-29(22-9-11-23(30)12-10-22)17-34(18-29)41(37,38)25-7-5-6-21(14-25)15-26(31)28(36)39-20(2)27(35)33(3)4;;/h5-14,16,20,26H,15,17-18,31H2,1-4H3;2*1H/t20?,26-;;/m0../s1. The van der Waals surface area contributed by atoms with Crippen molar-refractivity contribution < 1.29 is 31.9 Å². The summed E-state index contributed by atoms with van der Waals surface area (Å²) in [4.78, 5) is 30.0. The predicted octanol–water partition coefficient (Wildman–Crippen LogP) is 3.24. The third-order valence-corrected chi connectivity index (χ3v) is 8.60. The van der Waals surface area contributed by atoms with Gasteiger partial charge in [-0.15, -0.1) is 24.8 Å². The van der Waals surface area contributed by atoms with Crippen LogP contribution in [-0.2, 0) is 36.4 Å². The van der Waals surface area contributed by atoms with Crippen LogP contribution in [0.1, 0.15) is 23.7 Å². The van der Waals surface area contributed by atoms with Crippen LogP contribution in [0, 0.1) is 12.7 Å². The zero-order chi connectivity index (χ0) is 29.9. The number of carbonyl (C=O) groups is 2. The summed E-state index contributed by atoms with van der Waals surface area (Å²) in [6, 6.07) is 14.4. The molecule has 1 unspecified atom stereocenters. The van der Waals surface area contributed by atoms with Gasteiger partial charge in [0.1, 0.15) is 17.6 Å². The predicted molar refractivity (Wildman–Crippen MR) is 163 cm³/mol. The Morgan fingerprint density at radius 2 is 1.74 bits per heavy atom. The van der Waals surface area contributed by atoms with Crippen LogP contribution in [0.4, 0.5) is 4.39 Å². The molecule has 1 aromatic heterocycles. The lowest BCUT2D eigenvalue weighted by Crippen LogP contribution is -2.64. The fourth-order valence-electron chi connectivity index (χ4n) is 4.49. The molecule has 1 fully saturated rings. The average molecular weight is 658 g/mol. The number of ether oxygens (including phenoxy) is 2. The summed E-state index contributed by atoms with van der Waals surface area (Å²) in [6.07, 6.45) is 0.571. The van der Waals surface area contributed by atoms with Gasteiger partial charge >= 0.3 is 5.97 Å². The molecule has 10 nitrogen and oxygen atoms in total. The fourth-order valence-corrected chi connectivity index (χ4v) is 6.09. The molecular weight excluding hydrogens is 622 g/mol. The van der Waals surface area contributed by atoms with Crippen LogP contribution in [0.25, 0.3) is 0 Å². The lowest BCUT2D eigenvalue weighted by atomic mass is 9.87. The van der Waals surface area contributed by atoms with Gasteiger partial charge in [0.2, 0.25) is 10.0 Å². The number of nitrogens with two attached hydrogens (primary N) is 1. The zero-order valence-electron chi connectivity index (χ0n) is 24.1. The minimum absolute atomic E-state index is 0. The molecule has 0 spiro atoms. The molecule has 0 bridgehead atoms. The number of pyridine rings is 1. The molecule has 2 heterocycles. The number of aromatic nitrogens is 1. The molecule has 0 aliphatic carbocycles. The number of aryl methyl sites for hydroxylation is 1. The van der Waals surface area contributed by atoms with Crippen LogP contribution >= 0.6 is 24.8 Å². The smallest absolute Gasteiger partial charge is 0.324 e. The van der Waals surface area contributed by atoms with E-state index in [0.717, 1.165) is 5.69 Å². The molecule has 4 rings (SSSR count). The Kier molecular flexibility index (Phi) is 12.1. The molecular formula is C29H35Cl2FN4O6S. The number of benzene rings is 2. The molecule has 14 heteroatoms. The van der Waals surface area contributed by atoms with Gasteiger partial charge in [0.05, 0.1) is 24.2 Å². The van der Waals surface area contributed by atoms with Crippen LogP contribution in [0.2, 0.25) is 0 Å². The Bertz CT molecular complexity index is 1520. The number of hydrogen-bond donors (Lipinski definition) is 1. The first-order chi connectivity index (χ1) is 19.3. The highest BCUT2D eigenvalue weighted by Crippen LogP contribution is 2.40. The third-order valence-electron chi connectivity index (χ3n) is 6.81. The van der Waals surface area contributed by atoms with E-state index in [9.17, 15) is 22.4 Å². The molecule has 1 amide bonds. The molecule has 1 saturated heterocycles. The van der Waals surface area contributed by atoms with Gasteiger partial charge in [-0.1, -0.05) is 24.3 Å². The van der Waals surface area contributed by atoms with Crippen LogP contribution < -0.4 is 10.5 Å². The molecule has 2 N–H and O–H groups in total. The van der Waals surface area contributed by atoms with E-state index >= 15 is 0 Å². The second kappa shape index (κ2) is 14.5. The number of halogens is 3. The maximum absolute atomic E-state index is 13.7. The van der Waals surface area contributed by atoms with E-state index in [2.05, 4.69) is 4.98 Å². The highest BCUT2D eigenvalue weighted by atomic mass is 35.5. The van der Waals surface area contributed by atoms with Gasteiger partial charge in [-0.3, -0.25) is 14.6 Å². The van der Waals surface area contributed by atoms with Crippen LogP contribution in [0.15, 0.2) is 71.8 Å². The van der Waals surface area contributed by atoms with Gasteiger partial charge in [0.25, 0.3) is 5.91 Å². The van der Waals surface area contributed by atoms with Crippen LogP contribution in [-0.4, -0.2) is 73.8 Å². The lowest BCUT2D eigenvalue weighted by molar-refractivity contribution is -0.159. The Hall–Kier alpha value is -3.29. The van der Waals surface area contributed by atoms with Gasteiger partial charge in [-0.2, -0.15) is 4.31 Å². The zero-order valence-corrected chi connectivity index (χ0v) is 26.5. The van der Waals surface area contributed by atoms with Gasteiger partial charge in [0.15, 0.2) is 11.7 Å². The van der Waals surface area contributed by atoms with Crippen molar-refractivity contribution in [2.75, 3.05) is 27.2 Å². The molecule has 0 radical (unpaired) electrons. The van der Waals surface area contributed by atoms with Gasteiger partial charge in [-0.05, 0) is 67.8 Å². The summed E-state index contributed by atoms with van der Waals surface area (Å²) in [6.45, 7) is 3.28. The van der Waals surface area contributed by atoms with Gasteiger partial charge < -0.3 is 20.1 Å². The number of nitrogens with zero attached hydrogens (tertiary/aromatic N) is 3. The summed E-state index contributed by atoms with van der Waals surface area (Å²) in [7, 11) is -0.855. The van der Waals surface area contributed by atoms with Crippen molar-refractivity contribution in [3.8, 4) is 5.75 Å². The second-order valence-electron chi connectivity index (χ2n) is 10.3. The maximum atomic E-state index is 13.7. The van der Waals surface area contributed by atoms with Crippen LogP contribution in [0.3, 0.4) is 0 Å². The first-order valence-corrected chi connectivity index (χ1v) is 14.4. The van der Waals surface area contributed by atoms with E-state index < -0.39 is 39.6 Å². The number of hydrogen-bond acceptors (Lipinski definition) is 8. The number of sulfonamides is 1. The SMILES string of the molecule is Cc1ccc(OC2(c3ccc(F)cc3)CN(S(=O)(=O)c3cccc(C[C@H](N)C(=O)OC(C)C(=O)N(C)C)c3)C2)cn1.Cl.Cl. The molecule has 234 valence electrons. The fraction of sp³-hybridized carbons (Fsp3) is 0.345. The minimum Gasteiger partial charge on any atom is -0.478 e. The molecule has 2 aromatic carbocycles. The molecule has 1 aliphatic rings. The van der Waals surface area contributed by atoms with Gasteiger partial charge in [-0.25, -0.2) is 12.8 Å². The second-order valence-corrected chi connectivity index (χ2v) is 12.2. The molecule has 1 aliphatic heterocycles. The van der Waals surface area contributed by atoms with Crippen molar-refractivity contribution in [2.45, 2.75) is 42.9 Å². The highest BCUT2D eigenvalue weighted by molar-refractivity contribution is 7.89.